The van der Waals surface area contributed by atoms with E-state index in [9.17, 15) is 4.79 Å². The van der Waals surface area contributed by atoms with Gasteiger partial charge in [-0.2, -0.15) is 10.1 Å². The average molecular weight is 405 g/mol. The lowest BCUT2D eigenvalue weighted by atomic mass is 10.1. The molecule has 0 spiro atoms. The zero-order valence-electron chi connectivity index (χ0n) is 17.0. The number of hydrogen-bond acceptors (Lipinski definition) is 7. The number of nitrogens with one attached hydrogen (secondary N) is 1. The van der Waals surface area contributed by atoms with E-state index in [2.05, 4.69) is 27.3 Å². The van der Waals surface area contributed by atoms with Crippen molar-refractivity contribution < 1.29 is 0 Å². The van der Waals surface area contributed by atoms with Crippen LogP contribution in [0.4, 0.5) is 11.6 Å². The maximum absolute atomic E-state index is 13.2. The average Bonchev–Trinajstić information content (AvgIpc) is 3.42. The van der Waals surface area contributed by atoms with Gasteiger partial charge < -0.3 is 10.2 Å². The van der Waals surface area contributed by atoms with E-state index in [1.165, 1.54) is 6.33 Å². The van der Waals surface area contributed by atoms with Gasteiger partial charge in [0.25, 0.3) is 0 Å². The first kappa shape index (κ1) is 17.6. The molecular formula is C20H23N9O. The van der Waals surface area contributed by atoms with Gasteiger partial charge in [-0.15, -0.1) is 0 Å². The van der Waals surface area contributed by atoms with Crippen molar-refractivity contribution >= 4 is 28.4 Å². The molecule has 1 atom stereocenters. The van der Waals surface area contributed by atoms with Crippen LogP contribution in [0.1, 0.15) is 30.1 Å². The van der Waals surface area contributed by atoms with Crippen LogP contribution in [0, 0.1) is 6.92 Å². The predicted octanol–water partition coefficient (Wildman–Crippen LogP) is 1.51. The Morgan fingerprint density at radius 1 is 1.23 bits per heavy atom. The number of aromatic nitrogens is 7. The first-order valence-electron chi connectivity index (χ1n) is 10.4. The third-order valence-electron chi connectivity index (χ3n) is 6.27. The van der Waals surface area contributed by atoms with Crippen LogP contribution in [-0.2, 0) is 13.0 Å². The largest absolute Gasteiger partial charge is 0.330 e. The smallest absolute Gasteiger partial charge is 0.322 e. The van der Waals surface area contributed by atoms with Gasteiger partial charge in [-0.25, -0.2) is 19.3 Å². The number of imidazole rings is 1. The third kappa shape index (κ3) is 2.56. The van der Waals surface area contributed by atoms with Crippen LogP contribution >= 0.6 is 0 Å². The van der Waals surface area contributed by atoms with Crippen LogP contribution in [0.2, 0.25) is 0 Å². The molecule has 10 nitrogen and oxygen atoms in total. The van der Waals surface area contributed by atoms with Gasteiger partial charge in [-0.05, 0) is 51.4 Å². The van der Waals surface area contributed by atoms with E-state index in [0.29, 0.717) is 5.95 Å². The van der Waals surface area contributed by atoms with Gasteiger partial charge in [-0.3, -0.25) is 9.13 Å². The topological polar surface area (TPSA) is 98.2 Å². The highest BCUT2D eigenvalue weighted by Crippen LogP contribution is 2.29. The van der Waals surface area contributed by atoms with Crippen molar-refractivity contribution in [2.75, 3.05) is 25.5 Å². The number of rotatable bonds is 3. The Bertz CT molecular complexity index is 1350. The van der Waals surface area contributed by atoms with Crippen LogP contribution in [-0.4, -0.2) is 58.7 Å². The van der Waals surface area contributed by atoms with Crippen LogP contribution in [0.25, 0.3) is 16.8 Å². The lowest BCUT2D eigenvalue weighted by Crippen LogP contribution is -2.29. The Hall–Kier alpha value is -3.27. The zero-order valence-corrected chi connectivity index (χ0v) is 17.0. The molecule has 0 saturated carbocycles. The minimum atomic E-state index is 0.0397. The number of pyridine rings is 1. The first-order valence-corrected chi connectivity index (χ1v) is 10.4. The molecule has 0 unspecified atom stereocenters. The molecule has 10 heteroatoms. The lowest BCUT2D eigenvalue weighted by Gasteiger charge is -2.15. The molecule has 154 valence electrons. The monoisotopic (exact) mass is 405 g/mol. The number of likely N-dealkylation sites (N-methyl/N-ethyl adjacent to an activating group) is 1. The number of fused-ring (bicyclic) bond motifs is 1. The van der Waals surface area contributed by atoms with Crippen LogP contribution in [0.5, 0.6) is 0 Å². The maximum Gasteiger partial charge on any atom is 0.330 e. The van der Waals surface area contributed by atoms with Gasteiger partial charge in [0.05, 0.1) is 23.6 Å². The molecule has 0 aromatic carbocycles. The standard InChI is InChI=1S/C20H23N9O/c1-12-8-16-21-11-22-28(16)10-15(12)24-19-23-14-4-3-6-27-17(14)18(25-19)29(20(27)30)13-5-7-26(2)9-13/h8,10-11,13H,3-7,9H2,1-2H3,(H,23,24,25)/t13-/m1/s1. The highest BCUT2D eigenvalue weighted by Gasteiger charge is 2.30. The molecule has 0 radical (unpaired) electrons. The Balaban J connectivity index is 1.50. The van der Waals surface area contributed by atoms with Gasteiger partial charge in [0, 0.05) is 13.1 Å². The summed E-state index contributed by atoms with van der Waals surface area (Å²) in [5, 5.41) is 7.57. The van der Waals surface area contributed by atoms with Gasteiger partial charge >= 0.3 is 5.69 Å². The second kappa shape index (κ2) is 6.36. The molecule has 6 heterocycles. The molecule has 4 aromatic rings. The van der Waals surface area contributed by atoms with Crippen molar-refractivity contribution in [2.24, 2.45) is 0 Å². The molecular weight excluding hydrogens is 382 g/mol. The molecule has 4 aromatic heterocycles. The molecule has 2 aliphatic rings. The number of likely N-dealkylation sites (tertiary alicyclic amines) is 1. The van der Waals surface area contributed by atoms with Gasteiger partial charge in [0.2, 0.25) is 5.95 Å². The van der Waals surface area contributed by atoms with Crippen molar-refractivity contribution in [3.8, 4) is 0 Å². The summed E-state index contributed by atoms with van der Waals surface area (Å²) in [6.45, 7) is 4.60. The van der Waals surface area contributed by atoms with E-state index in [1.807, 2.05) is 28.3 Å². The van der Waals surface area contributed by atoms with Crippen LogP contribution < -0.4 is 11.0 Å². The summed E-state index contributed by atoms with van der Waals surface area (Å²) < 4.78 is 5.48. The van der Waals surface area contributed by atoms with Crippen molar-refractivity contribution in [3.63, 3.8) is 0 Å². The summed E-state index contributed by atoms with van der Waals surface area (Å²) >= 11 is 0. The molecule has 2 aliphatic heterocycles. The molecule has 6 rings (SSSR count). The van der Waals surface area contributed by atoms with Crippen molar-refractivity contribution in [3.05, 3.63) is 40.3 Å². The number of hydrogen-bond donors (Lipinski definition) is 1. The summed E-state index contributed by atoms with van der Waals surface area (Å²) in [7, 11) is 2.10. The summed E-state index contributed by atoms with van der Waals surface area (Å²) in [4.78, 5) is 29.3. The second-order valence-corrected chi connectivity index (χ2v) is 8.34. The fraction of sp³-hybridized carbons (Fsp3) is 0.450. The molecule has 0 amide bonds. The Kier molecular flexibility index (Phi) is 3.73. The van der Waals surface area contributed by atoms with E-state index in [-0.39, 0.29) is 11.7 Å². The fourth-order valence-electron chi connectivity index (χ4n) is 4.75. The van der Waals surface area contributed by atoms with Crippen molar-refractivity contribution in [2.45, 2.75) is 38.8 Å². The van der Waals surface area contributed by atoms with Gasteiger partial charge in [0.1, 0.15) is 11.8 Å². The summed E-state index contributed by atoms with van der Waals surface area (Å²) in [5.41, 5.74) is 5.31. The van der Waals surface area contributed by atoms with E-state index in [1.54, 1.807) is 4.52 Å². The maximum atomic E-state index is 13.2. The highest BCUT2D eigenvalue weighted by atomic mass is 16.2. The van der Waals surface area contributed by atoms with Crippen molar-refractivity contribution in [1.82, 2.24) is 38.6 Å². The quantitative estimate of drug-likeness (QED) is 0.552. The summed E-state index contributed by atoms with van der Waals surface area (Å²) in [6.07, 6.45) is 6.14. The highest BCUT2D eigenvalue weighted by molar-refractivity contribution is 5.77. The van der Waals surface area contributed by atoms with E-state index < -0.39 is 0 Å². The fourth-order valence-corrected chi connectivity index (χ4v) is 4.75. The molecule has 0 bridgehead atoms. The summed E-state index contributed by atoms with van der Waals surface area (Å²) in [5.74, 6) is 0.513. The third-order valence-corrected chi connectivity index (χ3v) is 6.27. The lowest BCUT2D eigenvalue weighted by molar-refractivity contribution is 0.390. The first-order chi connectivity index (χ1) is 14.6. The van der Waals surface area contributed by atoms with Gasteiger partial charge in [-0.1, -0.05) is 0 Å². The molecule has 1 N–H and O–H groups in total. The zero-order chi connectivity index (χ0) is 20.4. The SMILES string of the molecule is Cc1cc2ncnn2cc1Nc1nc2c3c(n1)n([C@@H]1CCN(C)C1)c(=O)n3CCC2. The Labute approximate surface area is 172 Å². The summed E-state index contributed by atoms with van der Waals surface area (Å²) in [6, 6.07) is 2.12. The van der Waals surface area contributed by atoms with Gasteiger partial charge in [0.15, 0.2) is 11.3 Å². The Morgan fingerprint density at radius 3 is 2.97 bits per heavy atom. The van der Waals surface area contributed by atoms with E-state index >= 15 is 0 Å². The van der Waals surface area contributed by atoms with Crippen LogP contribution in [0.3, 0.4) is 0 Å². The van der Waals surface area contributed by atoms with Crippen molar-refractivity contribution in [1.29, 1.82) is 0 Å². The second-order valence-electron chi connectivity index (χ2n) is 8.34. The molecule has 0 aliphatic carbocycles. The number of aryl methyl sites for hydroxylation is 3. The minimum absolute atomic E-state index is 0.0397. The molecule has 1 fully saturated rings. The number of anilines is 2. The van der Waals surface area contributed by atoms with E-state index in [4.69, 9.17) is 9.97 Å². The minimum Gasteiger partial charge on any atom is -0.322 e. The molecule has 30 heavy (non-hydrogen) atoms. The molecule has 1 saturated heterocycles. The Morgan fingerprint density at radius 2 is 2.13 bits per heavy atom. The normalized spacial score (nSPS) is 19.2. The van der Waals surface area contributed by atoms with E-state index in [0.717, 1.165) is 72.7 Å². The number of nitrogens with zero attached hydrogens (tertiary/aromatic N) is 8. The van der Waals surface area contributed by atoms with Crippen LogP contribution in [0.15, 0.2) is 23.4 Å². The predicted molar refractivity (Wildman–Crippen MR) is 112 cm³/mol.